The summed E-state index contributed by atoms with van der Waals surface area (Å²) in [4.78, 5) is 21.7. The van der Waals surface area contributed by atoms with E-state index in [1.165, 1.54) is 0 Å². The molecule has 1 rings (SSSR count). The summed E-state index contributed by atoms with van der Waals surface area (Å²) in [5.41, 5.74) is 0. The van der Waals surface area contributed by atoms with Gasteiger partial charge in [-0.2, -0.15) is 0 Å². The maximum Gasteiger partial charge on any atom is 0.405 e. The minimum atomic E-state index is -1.17. The first-order chi connectivity index (χ1) is 6.59. The van der Waals surface area contributed by atoms with Gasteiger partial charge < -0.3 is 15.7 Å². The number of carbonyl (C=O) groups excluding carboxylic acids is 1. The number of hydrogen-bond acceptors (Lipinski definition) is 2. The molecule has 2 amide bonds. The van der Waals surface area contributed by atoms with Crippen molar-refractivity contribution in [2.45, 2.75) is 44.7 Å². The molecule has 0 radical (unpaired) electrons. The van der Waals surface area contributed by atoms with E-state index in [0.717, 1.165) is 25.7 Å². The molecule has 0 saturated heterocycles. The van der Waals surface area contributed by atoms with E-state index in [2.05, 4.69) is 10.6 Å². The highest BCUT2D eigenvalue weighted by atomic mass is 16.4. The third-order valence-electron chi connectivity index (χ3n) is 2.43. The average Bonchev–Trinajstić information content (AvgIpc) is 2.55. The summed E-state index contributed by atoms with van der Waals surface area (Å²) in [6, 6.07) is -0.436. The molecule has 1 aliphatic carbocycles. The fourth-order valence-electron chi connectivity index (χ4n) is 1.65. The summed E-state index contributed by atoms with van der Waals surface area (Å²) in [6.07, 6.45) is 3.13. The maximum absolute atomic E-state index is 11.4. The number of nitrogens with one attached hydrogen (secondary N) is 2. The van der Waals surface area contributed by atoms with Crippen molar-refractivity contribution in [2.24, 2.45) is 0 Å². The van der Waals surface area contributed by atoms with E-state index in [0.29, 0.717) is 0 Å². The summed E-state index contributed by atoms with van der Waals surface area (Å²) in [5, 5.41) is 13.3. The summed E-state index contributed by atoms with van der Waals surface area (Å²) in [7, 11) is 0. The fourth-order valence-corrected chi connectivity index (χ4v) is 1.65. The number of hydrogen-bond donors (Lipinski definition) is 3. The van der Waals surface area contributed by atoms with Gasteiger partial charge in [0.25, 0.3) is 0 Å². The zero-order valence-electron chi connectivity index (χ0n) is 8.25. The van der Waals surface area contributed by atoms with Gasteiger partial charge in [-0.25, -0.2) is 4.79 Å². The molecule has 1 aliphatic rings. The van der Waals surface area contributed by atoms with Crippen molar-refractivity contribution in [3.63, 3.8) is 0 Å². The van der Waals surface area contributed by atoms with Gasteiger partial charge in [0.1, 0.15) is 6.04 Å². The van der Waals surface area contributed by atoms with E-state index in [-0.39, 0.29) is 11.9 Å². The third kappa shape index (κ3) is 3.24. The first-order valence-corrected chi connectivity index (χ1v) is 4.89. The van der Waals surface area contributed by atoms with E-state index in [1.807, 2.05) is 0 Å². The molecular weight excluding hydrogens is 184 g/mol. The van der Waals surface area contributed by atoms with Gasteiger partial charge in [0, 0.05) is 6.04 Å². The summed E-state index contributed by atoms with van der Waals surface area (Å²) in [5.74, 6) is -0.237. The molecule has 0 heterocycles. The molecule has 80 valence electrons. The average molecular weight is 200 g/mol. The van der Waals surface area contributed by atoms with E-state index in [1.54, 1.807) is 6.92 Å². The summed E-state index contributed by atoms with van der Waals surface area (Å²) < 4.78 is 0. The van der Waals surface area contributed by atoms with Crippen LogP contribution in [0.25, 0.3) is 0 Å². The van der Waals surface area contributed by atoms with Crippen molar-refractivity contribution in [3.05, 3.63) is 0 Å². The van der Waals surface area contributed by atoms with Crippen molar-refractivity contribution < 1.29 is 14.7 Å². The second kappa shape index (κ2) is 4.83. The number of rotatable bonds is 3. The first-order valence-electron chi connectivity index (χ1n) is 4.89. The normalized spacial score (nSPS) is 18.9. The van der Waals surface area contributed by atoms with E-state index in [9.17, 15) is 9.59 Å². The van der Waals surface area contributed by atoms with Crippen LogP contribution in [0.4, 0.5) is 4.79 Å². The van der Waals surface area contributed by atoms with Crippen LogP contribution in [0.2, 0.25) is 0 Å². The van der Waals surface area contributed by atoms with Crippen LogP contribution >= 0.6 is 0 Å². The molecule has 1 atom stereocenters. The zero-order valence-corrected chi connectivity index (χ0v) is 8.25. The Morgan fingerprint density at radius 2 is 1.93 bits per heavy atom. The Kier molecular flexibility index (Phi) is 3.73. The van der Waals surface area contributed by atoms with Gasteiger partial charge in [-0.3, -0.25) is 4.79 Å². The Bertz CT molecular complexity index is 224. The fraction of sp³-hybridized carbons (Fsp3) is 0.778. The van der Waals surface area contributed by atoms with Gasteiger partial charge in [-0.15, -0.1) is 0 Å². The second-order valence-corrected chi connectivity index (χ2v) is 3.66. The van der Waals surface area contributed by atoms with Crippen LogP contribution in [0, 0.1) is 0 Å². The van der Waals surface area contributed by atoms with Gasteiger partial charge in [0.2, 0.25) is 5.91 Å². The molecule has 0 bridgehead atoms. The van der Waals surface area contributed by atoms with Crippen molar-refractivity contribution in [3.8, 4) is 0 Å². The number of carbonyl (C=O) groups is 2. The number of carboxylic acid groups (broad SMARTS) is 1. The van der Waals surface area contributed by atoms with Crippen molar-refractivity contribution in [2.75, 3.05) is 0 Å². The molecular formula is C9H16N2O3. The lowest BCUT2D eigenvalue weighted by Crippen LogP contribution is -2.47. The summed E-state index contributed by atoms with van der Waals surface area (Å²) in [6.45, 7) is 1.54. The summed E-state index contributed by atoms with van der Waals surface area (Å²) >= 11 is 0. The second-order valence-electron chi connectivity index (χ2n) is 3.66. The lowest BCUT2D eigenvalue weighted by molar-refractivity contribution is -0.123. The van der Waals surface area contributed by atoms with Crippen LogP contribution < -0.4 is 10.6 Å². The Morgan fingerprint density at radius 3 is 2.43 bits per heavy atom. The van der Waals surface area contributed by atoms with Crippen molar-refractivity contribution in [1.29, 1.82) is 0 Å². The SMILES string of the molecule is CC(NC(=O)O)C(=O)NC1CCCC1. The first kappa shape index (κ1) is 10.8. The molecule has 1 saturated carbocycles. The van der Waals surface area contributed by atoms with Crippen LogP contribution in [-0.2, 0) is 4.79 Å². The monoisotopic (exact) mass is 200 g/mol. The third-order valence-corrected chi connectivity index (χ3v) is 2.43. The standard InChI is InChI=1S/C9H16N2O3/c1-6(10-9(13)14)8(12)11-7-4-2-3-5-7/h6-7,10H,2-5H2,1H3,(H,11,12)(H,13,14). The van der Waals surface area contributed by atoms with E-state index in [4.69, 9.17) is 5.11 Å². The predicted molar refractivity (Wildman–Crippen MR) is 51.0 cm³/mol. The Morgan fingerprint density at radius 1 is 1.36 bits per heavy atom. The van der Waals surface area contributed by atoms with E-state index < -0.39 is 12.1 Å². The van der Waals surface area contributed by atoms with Gasteiger partial charge in [0.05, 0.1) is 0 Å². The van der Waals surface area contributed by atoms with Crippen LogP contribution in [-0.4, -0.2) is 29.2 Å². The molecule has 5 nitrogen and oxygen atoms in total. The minimum Gasteiger partial charge on any atom is -0.465 e. The smallest absolute Gasteiger partial charge is 0.405 e. The molecule has 0 aromatic carbocycles. The molecule has 0 aromatic heterocycles. The van der Waals surface area contributed by atoms with Gasteiger partial charge in [-0.05, 0) is 19.8 Å². The molecule has 0 aromatic rings. The maximum atomic E-state index is 11.4. The van der Waals surface area contributed by atoms with E-state index >= 15 is 0 Å². The molecule has 1 unspecified atom stereocenters. The molecule has 14 heavy (non-hydrogen) atoms. The van der Waals surface area contributed by atoms with Gasteiger partial charge >= 0.3 is 6.09 Å². The molecule has 3 N–H and O–H groups in total. The highest BCUT2D eigenvalue weighted by molar-refractivity contribution is 5.84. The zero-order chi connectivity index (χ0) is 10.6. The topological polar surface area (TPSA) is 78.4 Å². The van der Waals surface area contributed by atoms with Crippen LogP contribution in [0.3, 0.4) is 0 Å². The van der Waals surface area contributed by atoms with Gasteiger partial charge in [0.15, 0.2) is 0 Å². The Hall–Kier alpha value is -1.26. The quantitative estimate of drug-likeness (QED) is 0.627. The lowest BCUT2D eigenvalue weighted by Gasteiger charge is -2.16. The van der Waals surface area contributed by atoms with Crippen LogP contribution in [0.1, 0.15) is 32.6 Å². The van der Waals surface area contributed by atoms with Crippen molar-refractivity contribution >= 4 is 12.0 Å². The molecule has 0 spiro atoms. The minimum absolute atomic E-state index is 0.237. The van der Waals surface area contributed by atoms with Crippen LogP contribution in [0.15, 0.2) is 0 Å². The van der Waals surface area contributed by atoms with Gasteiger partial charge in [-0.1, -0.05) is 12.8 Å². The van der Waals surface area contributed by atoms with Crippen LogP contribution in [0.5, 0.6) is 0 Å². The predicted octanol–water partition coefficient (Wildman–Crippen LogP) is 0.701. The lowest BCUT2D eigenvalue weighted by atomic mass is 10.2. The van der Waals surface area contributed by atoms with Crippen molar-refractivity contribution in [1.82, 2.24) is 10.6 Å². The highest BCUT2D eigenvalue weighted by Crippen LogP contribution is 2.17. The molecule has 5 heteroatoms. The highest BCUT2D eigenvalue weighted by Gasteiger charge is 2.21. The molecule has 0 aliphatic heterocycles. The largest absolute Gasteiger partial charge is 0.465 e. The number of amides is 2. The Balaban J connectivity index is 2.29. The molecule has 1 fully saturated rings. The Labute approximate surface area is 82.9 Å².